The second-order valence-corrected chi connectivity index (χ2v) is 20.9. The van der Waals surface area contributed by atoms with Gasteiger partial charge in [0.25, 0.3) is 0 Å². The summed E-state index contributed by atoms with van der Waals surface area (Å²) in [6.07, 6.45) is 0. The van der Waals surface area contributed by atoms with Crippen molar-refractivity contribution in [1.29, 1.82) is 0 Å². The van der Waals surface area contributed by atoms with Gasteiger partial charge in [-0.3, -0.25) is 0 Å². The lowest BCUT2D eigenvalue weighted by Gasteiger charge is -2.22. The summed E-state index contributed by atoms with van der Waals surface area (Å²) in [6.45, 7) is 13.8. The van der Waals surface area contributed by atoms with Crippen LogP contribution >= 0.6 is 0 Å². The Morgan fingerprint density at radius 1 is 0.191 bits per heavy atom. The summed E-state index contributed by atoms with van der Waals surface area (Å²) in [5.41, 5.74) is 15.1. The van der Waals surface area contributed by atoms with Crippen molar-refractivity contribution < 1.29 is 0 Å². The first-order valence-corrected chi connectivity index (χ1v) is 24.2. The van der Waals surface area contributed by atoms with Gasteiger partial charge in [0.1, 0.15) is 0 Å². The van der Waals surface area contributed by atoms with E-state index in [1.54, 1.807) is 0 Å². The largest absolute Gasteiger partial charge is 0.0622 e. The van der Waals surface area contributed by atoms with Gasteiger partial charge < -0.3 is 0 Å². The van der Waals surface area contributed by atoms with E-state index in [1.807, 2.05) is 0 Å². The predicted molar refractivity (Wildman–Crippen MR) is 296 cm³/mol. The number of hydrogen-bond donors (Lipinski definition) is 0. The molecule has 0 fully saturated rings. The summed E-state index contributed by atoms with van der Waals surface area (Å²) in [7, 11) is 0. The highest BCUT2D eigenvalue weighted by molar-refractivity contribution is 6.26. The van der Waals surface area contributed by atoms with Gasteiger partial charge in [-0.25, -0.2) is 0 Å². The van der Waals surface area contributed by atoms with Crippen LogP contribution < -0.4 is 0 Å². The minimum Gasteiger partial charge on any atom is -0.0622 e. The van der Waals surface area contributed by atoms with Gasteiger partial charge in [-0.2, -0.15) is 0 Å². The molecule has 12 aromatic carbocycles. The summed E-state index contributed by atoms with van der Waals surface area (Å²) >= 11 is 0. The van der Waals surface area contributed by atoms with E-state index in [0.29, 0.717) is 0 Å². The molecular weight excluding hydrogens is 817 g/mol. The molecule has 0 saturated heterocycles. The standard InChI is InChI=1S/C68H54/c1-67(2,3)49-29-33-53-61(37-49)57(45-23-15-9-16-24-45)41-63-51-31-27-47(35-59(51)55(39-65(53)63)43-19-11-7-12-20-43)48-28-32-52-60(36-48)56(44-21-13-8-14-22-44)40-66-54-34-30-50(68(4,5)6)38-62(54)58(42-64(52)66)46-25-17-10-18-26-46/h7-42H,1-6H3. The first kappa shape index (κ1) is 41.6. The molecule has 0 radical (unpaired) electrons. The predicted octanol–water partition coefficient (Wildman–Crippen LogP) is 19.5. The molecule has 0 unspecified atom stereocenters. The first-order valence-electron chi connectivity index (χ1n) is 24.2. The molecule has 0 amide bonds. The molecule has 0 bridgehead atoms. The summed E-state index contributed by atoms with van der Waals surface area (Å²) in [6, 6.07) is 82.3. The zero-order valence-electron chi connectivity index (χ0n) is 39.8. The van der Waals surface area contributed by atoms with Crippen molar-refractivity contribution >= 4 is 64.6 Å². The van der Waals surface area contributed by atoms with Gasteiger partial charge in [0, 0.05) is 0 Å². The van der Waals surface area contributed by atoms with Crippen LogP contribution in [0.3, 0.4) is 0 Å². The third kappa shape index (κ3) is 7.06. The van der Waals surface area contributed by atoms with Crippen molar-refractivity contribution in [2.24, 2.45) is 0 Å². The van der Waals surface area contributed by atoms with E-state index in [2.05, 4.69) is 260 Å². The Bertz CT molecular complexity index is 3660. The number of benzene rings is 12. The van der Waals surface area contributed by atoms with Gasteiger partial charge in [-0.1, -0.05) is 211 Å². The maximum atomic E-state index is 2.46. The number of rotatable bonds is 5. The summed E-state index contributed by atoms with van der Waals surface area (Å²) in [5, 5.41) is 15.3. The van der Waals surface area contributed by atoms with E-state index in [0.717, 1.165) is 0 Å². The zero-order valence-corrected chi connectivity index (χ0v) is 39.8. The Morgan fingerprint density at radius 3 is 0.706 bits per heavy atom. The third-order valence-corrected chi connectivity index (χ3v) is 14.5. The van der Waals surface area contributed by atoms with Gasteiger partial charge in [0.05, 0.1) is 0 Å². The zero-order chi connectivity index (χ0) is 46.3. The van der Waals surface area contributed by atoms with Crippen molar-refractivity contribution in [3.63, 3.8) is 0 Å². The molecule has 0 aliphatic rings. The fourth-order valence-corrected chi connectivity index (χ4v) is 10.8. The van der Waals surface area contributed by atoms with Gasteiger partial charge in [-0.05, 0) is 191 Å². The lowest BCUT2D eigenvalue weighted by atomic mass is 9.82. The van der Waals surface area contributed by atoms with Gasteiger partial charge in [0.15, 0.2) is 0 Å². The Morgan fingerprint density at radius 2 is 0.441 bits per heavy atom. The van der Waals surface area contributed by atoms with Crippen molar-refractivity contribution in [3.05, 3.63) is 230 Å². The molecular formula is C68H54. The minimum atomic E-state index is 0.0275. The molecule has 0 aliphatic heterocycles. The third-order valence-electron chi connectivity index (χ3n) is 14.5. The highest BCUT2D eigenvalue weighted by Gasteiger charge is 2.22. The monoisotopic (exact) mass is 870 g/mol. The highest BCUT2D eigenvalue weighted by atomic mass is 14.3. The van der Waals surface area contributed by atoms with Crippen molar-refractivity contribution in [1.82, 2.24) is 0 Å². The minimum absolute atomic E-state index is 0.0275. The molecule has 0 spiro atoms. The quantitative estimate of drug-likeness (QED) is 0.151. The Kier molecular flexibility index (Phi) is 9.75. The van der Waals surface area contributed by atoms with E-state index in [1.165, 1.54) is 131 Å². The molecule has 0 aliphatic carbocycles. The van der Waals surface area contributed by atoms with Crippen LogP contribution in [0.4, 0.5) is 0 Å². The van der Waals surface area contributed by atoms with Gasteiger partial charge in [-0.15, -0.1) is 0 Å². The molecule has 0 aromatic heterocycles. The molecule has 12 rings (SSSR count). The van der Waals surface area contributed by atoms with E-state index in [4.69, 9.17) is 0 Å². The lowest BCUT2D eigenvalue weighted by molar-refractivity contribution is 0.591. The molecule has 0 heterocycles. The van der Waals surface area contributed by atoms with Crippen molar-refractivity contribution in [2.75, 3.05) is 0 Å². The van der Waals surface area contributed by atoms with E-state index >= 15 is 0 Å². The Hall–Kier alpha value is -7.80. The first-order chi connectivity index (χ1) is 33.0. The fraction of sp³-hybridized carbons (Fsp3) is 0.118. The molecule has 0 atom stereocenters. The Balaban J connectivity index is 1.13. The second kappa shape index (κ2) is 15.9. The second-order valence-electron chi connectivity index (χ2n) is 20.9. The molecule has 326 valence electrons. The number of fused-ring (bicyclic) bond motifs is 10. The average molecular weight is 871 g/mol. The van der Waals surface area contributed by atoms with Crippen LogP contribution in [0.5, 0.6) is 0 Å². The van der Waals surface area contributed by atoms with Gasteiger partial charge >= 0.3 is 0 Å². The summed E-state index contributed by atoms with van der Waals surface area (Å²) in [4.78, 5) is 0. The fourth-order valence-electron chi connectivity index (χ4n) is 10.8. The SMILES string of the molecule is CC(C)(C)c1ccc2c(c1)c(-c1ccccc1)cc1c3ccc(-c4ccc5c(c4)c(-c4ccccc4)cc4c6ccc(C(C)(C)C)cc6c(-c6ccccc6)cc54)cc3c(-c3ccccc3)cc21. The normalized spacial score (nSPS) is 12.3. The lowest BCUT2D eigenvalue weighted by Crippen LogP contribution is -2.10. The van der Waals surface area contributed by atoms with E-state index in [-0.39, 0.29) is 10.8 Å². The molecule has 0 nitrogen and oxygen atoms in total. The number of hydrogen-bond acceptors (Lipinski definition) is 0. The van der Waals surface area contributed by atoms with E-state index in [9.17, 15) is 0 Å². The molecule has 12 aromatic rings. The van der Waals surface area contributed by atoms with Crippen molar-refractivity contribution in [3.8, 4) is 55.6 Å². The van der Waals surface area contributed by atoms with Gasteiger partial charge in [0.2, 0.25) is 0 Å². The van der Waals surface area contributed by atoms with Crippen molar-refractivity contribution in [2.45, 2.75) is 52.4 Å². The highest BCUT2D eigenvalue weighted by Crippen LogP contribution is 2.47. The molecule has 0 N–H and O–H groups in total. The smallest absolute Gasteiger partial charge is 0.00923 e. The topological polar surface area (TPSA) is 0 Å². The van der Waals surface area contributed by atoms with Crippen LogP contribution in [0, 0.1) is 0 Å². The van der Waals surface area contributed by atoms with Crippen LogP contribution in [0.15, 0.2) is 218 Å². The molecule has 0 heteroatoms. The van der Waals surface area contributed by atoms with E-state index < -0.39 is 0 Å². The maximum absolute atomic E-state index is 2.46. The summed E-state index contributed by atoms with van der Waals surface area (Å²) < 4.78 is 0. The van der Waals surface area contributed by atoms with Crippen LogP contribution in [-0.4, -0.2) is 0 Å². The van der Waals surface area contributed by atoms with Crippen LogP contribution in [0.1, 0.15) is 52.7 Å². The Labute approximate surface area is 400 Å². The van der Waals surface area contributed by atoms with Crippen LogP contribution in [0.2, 0.25) is 0 Å². The summed E-state index contributed by atoms with van der Waals surface area (Å²) in [5.74, 6) is 0. The maximum Gasteiger partial charge on any atom is -0.00923 e. The molecule has 0 saturated carbocycles. The average Bonchev–Trinajstić information content (AvgIpc) is 3.37. The van der Waals surface area contributed by atoms with Crippen LogP contribution in [-0.2, 0) is 10.8 Å². The molecule has 68 heavy (non-hydrogen) atoms. The van der Waals surface area contributed by atoms with Crippen LogP contribution in [0.25, 0.3) is 120 Å².